The molecule has 4 rings (SSSR count). The van der Waals surface area contributed by atoms with Crippen LogP contribution in [-0.2, 0) is 6.61 Å². The topological polar surface area (TPSA) is 74.6 Å². The highest BCUT2D eigenvalue weighted by Gasteiger charge is 2.27. The molecule has 0 amide bonds. The van der Waals surface area contributed by atoms with Gasteiger partial charge in [-0.05, 0) is 36.8 Å². The Morgan fingerprint density at radius 1 is 1.30 bits per heavy atom. The second-order valence-corrected chi connectivity index (χ2v) is 8.38. The number of ether oxygens (including phenoxy) is 1. The molecule has 7 heteroatoms. The number of aliphatic hydroxyl groups is 2. The van der Waals surface area contributed by atoms with Crippen LogP contribution in [0.2, 0.25) is 5.02 Å². The Hall–Kier alpha value is -1.70. The first-order valence-electron chi connectivity index (χ1n) is 8.88. The maximum Gasteiger partial charge on any atom is 0.130 e. The van der Waals surface area contributed by atoms with Crippen LogP contribution in [0.3, 0.4) is 0 Å². The normalized spacial score (nSPS) is 19.7. The average molecular weight is 405 g/mol. The summed E-state index contributed by atoms with van der Waals surface area (Å²) in [6.45, 7) is 2.79. The summed E-state index contributed by atoms with van der Waals surface area (Å²) in [7, 11) is 0. The largest absolute Gasteiger partial charge is 0.488 e. The first kappa shape index (κ1) is 18.7. The van der Waals surface area contributed by atoms with Crippen molar-refractivity contribution in [2.24, 2.45) is 0 Å². The fraction of sp³-hybridized carbons (Fsp3) is 0.350. The number of nitrogens with one attached hydrogen (secondary N) is 1. The third-order valence-electron chi connectivity index (χ3n) is 4.83. The lowest BCUT2D eigenvalue weighted by atomic mass is 10.0. The fourth-order valence-electron chi connectivity index (χ4n) is 3.54. The zero-order valence-electron chi connectivity index (χ0n) is 14.9. The van der Waals surface area contributed by atoms with E-state index in [4.69, 9.17) is 16.3 Å². The summed E-state index contributed by atoms with van der Waals surface area (Å²) in [5.74, 6) is 0.802. The van der Waals surface area contributed by atoms with E-state index in [1.165, 1.54) is 11.3 Å². The molecule has 27 heavy (non-hydrogen) atoms. The molecule has 3 N–H and O–H groups in total. The van der Waals surface area contributed by atoms with Gasteiger partial charge in [-0.1, -0.05) is 11.6 Å². The van der Waals surface area contributed by atoms with E-state index in [1.54, 1.807) is 6.20 Å². The maximum absolute atomic E-state index is 9.49. The third-order valence-corrected chi connectivity index (χ3v) is 6.20. The predicted octanol–water partition coefficient (Wildman–Crippen LogP) is 3.52. The van der Waals surface area contributed by atoms with E-state index in [0.717, 1.165) is 44.0 Å². The number of aryl methyl sites for hydroxylation is 1. The van der Waals surface area contributed by atoms with Crippen molar-refractivity contribution >= 4 is 33.2 Å². The van der Waals surface area contributed by atoms with Gasteiger partial charge in [0.2, 0.25) is 0 Å². The number of nitrogens with zero attached hydrogens (tertiary/aromatic N) is 1. The number of thiophene rings is 1. The highest BCUT2D eigenvalue weighted by atomic mass is 35.5. The SMILES string of the molecule is Cc1cc(Cl)cc(-c2ccnc3cc(CO)sc23)c1O[C@@H]1CN[C@@H](CO)C1. The number of halogens is 1. The third kappa shape index (κ3) is 3.68. The van der Waals surface area contributed by atoms with E-state index in [0.29, 0.717) is 11.6 Å². The smallest absolute Gasteiger partial charge is 0.130 e. The Morgan fingerprint density at radius 2 is 2.15 bits per heavy atom. The van der Waals surface area contributed by atoms with Gasteiger partial charge in [0.1, 0.15) is 11.9 Å². The molecule has 5 nitrogen and oxygen atoms in total. The second-order valence-electron chi connectivity index (χ2n) is 6.81. The number of aromatic nitrogens is 1. The average Bonchev–Trinajstić information content (AvgIpc) is 3.29. The monoisotopic (exact) mass is 404 g/mol. The molecule has 2 atom stereocenters. The van der Waals surface area contributed by atoms with E-state index in [-0.39, 0.29) is 25.4 Å². The summed E-state index contributed by atoms with van der Waals surface area (Å²) in [6.07, 6.45) is 2.52. The van der Waals surface area contributed by atoms with Crippen molar-refractivity contribution in [3.63, 3.8) is 0 Å². The van der Waals surface area contributed by atoms with Crippen molar-refractivity contribution in [1.82, 2.24) is 10.3 Å². The Kier molecular flexibility index (Phi) is 5.34. The van der Waals surface area contributed by atoms with Crippen LogP contribution in [0.4, 0.5) is 0 Å². The zero-order chi connectivity index (χ0) is 19.0. The number of pyridine rings is 1. The van der Waals surface area contributed by atoms with Crippen molar-refractivity contribution in [1.29, 1.82) is 0 Å². The number of hydrogen-bond acceptors (Lipinski definition) is 6. The van der Waals surface area contributed by atoms with E-state index < -0.39 is 0 Å². The summed E-state index contributed by atoms with van der Waals surface area (Å²) in [6, 6.07) is 7.76. The minimum Gasteiger partial charge on any atom is -0.488 e. The van der Waals surface area contributed by atoms with Gasteiger partial charge in [0.25, 0.3) is 0 Å². The van der Waals surface area contributed by atoms with Crippen molar-refractivity contribution in [2.45, 2.75) is 32.1 Å². The summed E-state index contributed by atoms with van der Waals surface area (Å²) >= 11 is 7.89. The summed E-state index contributed by atoms with van der Waals surface area (Å²) in [4.78, 5) is 5.29. The number of rotatable bonds is 5. The molecule has 1 saturated heterocycles. The van der Waals surface area contributed by atoms with Gasteiger partial charge in [-0.2, -0.15) is 0 Å². The minimum atomic E-state index is -0.00527. The lowest BCUT2D eigenvalue weighted by Crippen LogP contribution is -2.25. The fourth-order valence-corrected chi connectivity index (χ4v) is 4.82. The zero-order valence-corrected chi connectivity index (χ0v) is 16.5. The molecule has 1 fully saturated rings. The van der Waals surface area contributed by atoms with Crippen molar-refractivity contribution < 1.29 is 14.9 Å². The molecule has 0 unspecified atom stereocenters. The first-order valence-corrected chi connectivity index (χ1v) is 10.1. The Bertz CT molecular complexity index is 975. The van der Waals surface area contributed by atoms with Crippen LogP contribution in [0.5, 0.6) is 5.75 Å². The number of aliphatic hydroxyl groups excluding tert-OH is 2. The van der Waals surface area contributed by atoms with E-state index in [9.17, 15) is 10.2 Å². The van der Waals surface area contributed by atoms with E-state index in [1.807, 2.05) is 31.2 Å². The standard InChI is InChI=1S/C20H21ClN2O3S/c1-11-4-12(21)5-17(19(11)26-14-6-13(9-24)23-8-14)16-2-3-22-18-7-15(10-25)27-20(16)18/h2-5,7,13-14,23-25H,6,8-10H2,1H3/t13-,14+/m1/s1. The molecule has 0 radical (unpaired) electrons. The van der Waals surface area contributed by atoms with E-state index in [2.05, 4.69) is 10.3 Å². The Labute approximate surface area is 166 Å². The lowest BCUT2D eigenvalue weighted by molar-refractivity contribution is 0.206. The highest BCUT2D eigenvalue weighted by Crippen LogP contribution is 2.42. The van der Waals surface area contributed by atoms with Gasteiger partial charge in [0, 0.05) is 46.2 Å². The van der Waals surface area contributed by atoms with Gasteiger partial charge in [-0.3, -0.25) is 4.98 Å². The van der Waals surface area contributed by atoms with Crippen LogP contribution in [0.25, 0.3) is 21.3 Å². The molecule has 1 aliphatic rings. The van der Waals surface area contributed by atoms with Crippen molar-refractivity contribution in [3.8, 4) is 16.9 Å². The number of benzene rings is 1. The second kappa shape index (κ2) is 7.73. The van der Waals surface area contributed by atoms with Gasteiger partial charge in [-0.15, -0.1) is 11.3 Å². The lowest BCUT2D eigenvalue weighted by Gasteiger charge is -2.19. The molecule has 142 valence electrons. The van der Waals surface area contributed by atoms with Gasteiger partial charge in [0.05, 0.1) is 23.4 Å². The first-order chi connectivity index (χ1) is 13.1. The predicted molar refractivity (Wildman–Crippen MR) is 109 cm³/mol. The Balaban J connectivity index is 1.80. The van der Waals surface area contributed by atoms with Crippen LogP contribution in [0.15, 0.2) is 30.5 Å². The van der Waals surface area contributed by atoms with Gasteiger partial charge in [0.15, 0.2) is 0 Å². The van der Waals surface area contributed by atoms with Crippen molar-refractivity contribution in [2.75, 3.05) is 13.2 Å². The molecular formula is C20H21ClN2O3S. The molecule has 1 aromatic carbocycles. The minimum absolute atomic E-state index is 0.00515. The molecule has 3 aromatic rings. The molecule has 2 aromatic heterocycles. The maximum atomic E-state index is 9.49. The van der Waals surface area contributed by atoms with Crippen LogP contribution in [0, 0.1) is 6.92 Å². The summed E-state index contributed by atoms with van der Waals surface area (Å²) in [5.41, 5.74) is 3.74. The molecule has 3 heterocycles. The quantitative estimate of drug-likeness (QED) is 0.606. The molecule has 0 spiro atoms. The molecule has 0 aliphatic carbocycles. The van der Waals surface area contributed by atoms with Gasteiger partial charge >= 0.3 is 0 Å². The van der Waals surface area contributed by atoms with Gasteiger partial charge < -0.3 is 20.3 Å². The van der Waals surface area contributed by atoms with Crippen LogP contribution in [-0.4, -0.2) is 40.5 Å². The molecule has 0 saturated carbocycles. The molecule has 1 aliphatic heterocycles. The number of hydrogen-bond donors (Lipinski definition) is 3. The van der Waals surface area contributed by atoms with E-state index >= 15 is 0 Å². The summed E-state index contributed by atoms with van der Waals surface area (Å²) < 4.78 is 7.37. The van der Waals surface area contributed by atoms with Crippen molar-refractivity contribution in [3.05, 3.63) is 45.9 Å². The summed E-state index contributed by atoms with van der Waals surface area (Å²) in [5, 5.41) is 22.8. The highest BCUT2D eigenvalue weighted by molar-refractivity contribution is 7.19. The Morgan fingerprint density at radius 3 is 2.89 bits per heavy atom. The van der Waals surface area contributed by atoms with Crippen LogP contribution in [0.1, 0.15) is 16.9 Å². The van der Waals surface area contributed by atoms with Gasteiger partial charge in [-0.25, -0.2) is 0 Å². The number of fused-ring (bicyclic) bond motifs is 1. The molecule has 0 bridgehead atoms. The molecular weight excluding hydrogens is 384 g/mol. The van der Waals surface area contributed by atoms with Crippen LogP contribution < -0.4 is 10.1 Å². The van der Waals surface area contributed by atoms with Crippen LogP contribution >= 0.6 is 22.9 Å².